The third kappa shape index (κ3) is 4.97. The maximum atomic E-state index is 12.2. The second kappa shape index (κ2) is 8.07. The zero-order valence-electron chi connectivity index (χ0n) is 15.3. The molecule has 7 heteroatoms. The number of carbonyl (C=O) groups excluding carboxylic acids is 1. The molecule has 2 aromatic carbocycles. The van der Waals surface area contributed by atoms with E-state index in [9.17, 15) is 14.9 Å². The molecule has 1 N–H and O–H groups in total. The van der Waals surface area contributed by atoms with Gasteiger partial charge in [-0.25, -0.2) is 4.79 Å². The molecule has 1 amide bonds. The number of hydrogen-bond donors (Lipinski definition) is 1. The Morgan fingerprint density at radius 1 is 1.22 bits per heavy atom. The van der Waals surface area contributed by atoms with Crippen LogP contribution in [-0.2, 0) is 11.3 Å². The van der Waals surface area contributed by atoms with Crippen molar-refractivity contribution in [1.82, 2.24) is 5.32 Å². The summed E-state index contributed by atoms with van der Waals surface area (Å²) in [4.78, 5) is 24.8. The number of anilines is 1. The average Bonchev–Trinajstić information content (AvgIpc) is 2.67. The van der Waals surface area contributed by atoms with E-state index in [2.05, 4.69) is 10.2 Å². The van der Waals surface area contributed by atoms with E-state index in [4.69, 9.17) is 4.74 Å². The summed E-state index contributed by atoms with van der Waals surface area (Å²) in [7, 11) is 0. The number of rotatable bonds is 5. The number of non-ortho nitro benzene ring substituents is 1. The summed E-state index contributed by atoms with van der Waals surface area (Å²) in [5.74, 6) is 0. The van der Waals surface area contributed by atoms with Crippen molar-refractivity contribution < 1.29 is 14.5 Å². The summed E-state index contributed by atoms with van der Waals surface area (Å²) in [6.45, 7) is 3.68. The maximum absolute atomic E-state index is 12.2. The van der Waals surface area contributed by atoms with Gasteiger partial charge in [0.2, 0.25) is 0 Å². The van der Waals surface area contributed by atoms with Gasteiger partial charge < -0.3 is 15.0 Å². The van der Waals surface area contributed by atoms with E-state index in [-0.39, 0.29) is 12.3 Å². The Morgan fingerprint density at radius 2 is 1.93 bits per heavy atom. The quantitative estimate of drug-likeness (QED) is 0.639. The Kier molecular flexibility index (Phi) is 5.59. The van der Waals surface area contributed by atoms with Crippen LogP contribution in [0, 0.1) is 10.1 Å². The van der Waals surface area contributed by atoms with Gasteiger partial charge in [0, 0.05) is 30.9 Å². The largest absolute Gasteiger partial charge is 0.445 e. The van der Waals surface area contributed by atoms with Crippen molar-refractivity contribution in [3.05, 3.63) is 70.3 Å². The summed E-state index contributed by atoms with van der Waals surface area (Å²) >= 11 is 0. The standard InChI is InChI=1S/C20H23N3O4/c1-20(21-19(24)27-14-16-6-3-2-4-7-16)12-5-13-22(15-20)17-8-10-18(11-9-17)23(25)26/h2-4,6-11H,5,12-15H2,1H3,(H,21,24). The van der Waals surface area contributed by atoms with E-state index in [1.807, 2.05) is 37.3 Å². The topological polar surface area (TPSA) is 84.7 Å². The highest BCUT2D eigenvalue weighted by molar-refractivity contribution is 5.68. The van der Waals surface area contributed by atoms with Gasteiger partial charge in [-0.2, -0.15) is 0 Å². The van der Waals surface area contributed by atoms with Gasteiger partial charge in [-0.1, -0.05) is 30.3 Å². The number of amides is 1. The third-order valence-corrected chi connectivity index (χ3v) is 4.74. The maximum Gasteiger partial charge on any atom is 0.407 e. The van der Waals surface area contributed by atoms with Crippen molar-refractivity contribution in [3.8, 4) is 0 Å². The fourth-order valence-electron chi connectivity index (χ4n) is 3.35. The van der Waals surface area contributed by atoms with Crippen LogP contribution in [0.4, 0.5) is 16.2 Å². The molecule has 1 unspecified atom stereocenters. The summed E-state index contributed by atoms with van der Waals surface area (Å²) in [5.41, 5.74) is 1.49. The number of hydrogen-bond acceptors (Lipinski definition) is 5. The van der Waals surface area contributed by atoms with E-state index in [0.29, 0.717) is 6.54 Å². The SMILES string of the molecule is CC1(NC(=O)OCc2ccccc2)CCCN(c2ccc([N+](=O)[O-])cc2)C1. The van der Waals surface area contributed by atoms with Crippen molar-refractivity contribution in [2.75, 3.05) is 18.0 Å². The molecule has 2 aromatic rings. The Morgan fingerprint density at radius 3 is 2.59 bits per heavy atom. The first-order chi connectivity index (χ1) is 13.0. The molecule has 1 aliphatic rings. The summed E-state index contributed by atoms with van der Waals surface area (Å²) < 4.78 is 5.34. The molecular weight excluding hydrogens is 346 g/mol. The van der Waals surface area contributed by atoms with Gasteiger partial charge in [-0.15, -0.1) is 0 Å². The Balaban J connectivity index is 1.58. The molecule has 0 aromatic heterocycles. The zero-order valence-corrected chi connectivity index (χ0v) is 15.3. The number of nitro groups is 1. The van der Waals surface area contributed by atoms with Crippen molar-refractivity contribution in [3.63, 3.8) is 0 Å². The average molecular weight is 369 g/mol. The molecule has 1 fully saturated rings. The van der Waals surface area contributed by atoms with Crippen LogP contribution in [0.3, 0.4) is 0 Å². The van der Waals surface area contributed by atoms with Crippen LogP contribution in [0.25, 0.3) is 0 Å². The van der Waals surface area contributed by atoms with Gasteiger partial charge in [-0.05, 0) is 37.5 Å². The Hall–Kier alpha value is -3.09. The third-order valence-electron chi connectivity index (χ3n) is 4.74. The van der Waals surface area contributed by atoms with Crippen LogP contribution in [-0.4, -0.2) is 29.6 Å². The fraction of sp³-hybridized carbons (Fsp3) is 0.350. The highest BCUT2D eigenvalue weighted by Gasteiger charge is 2.33. The fourth-order valence-corrected chi connectivity index (χ4v) is 3.35. The van der Waals surface area contributed by atoms with Crippen molar-refractivity contribution in [2.24, 2.45) is 0 Å². The number of nitrogens with one attached hydrogen (secondary N) is 1. The number of ether oxygens (including phenoxy) is 1. The van der Waals surface area contributed by atoms with Crippen LogP contribution in [0.2, 0.25) is 0 Å². The van der Waals surface area contributed by atoms with Crippen molar-refractivity contribution in [2.45, 2.75) is 31.9 Å². The molecule has 0 spiro atoms. The lowest BCUT2D eigenvalue weighted by molar-refractivity contribution is -0.384. The highest BCUT2D eigenvalue weighted by atomic mass is 16.6. The van der Waals surface area contributed by atoms with Gasteiger partial charge in [0.15, 0.2) is 0 Å². The molecule has 1 heterocycles. The van der Waals surface area contributed by atoms with Crippen LogP contribution in [0.15, 0.2) is 54.6 Å². The minimum Gasteiger partial charge on any atom is -0.445 e. The van der Waals surface area contributed by atoms with E-state index in [1.54, 1.807) is 12.1 Å². The monoisotopic (exact) mass is 369 g/mol. The van der Waals surface area contributed by atoms with Crippen molar-refractivity contribution >= 4 is 17.5 Å². The molecule has 0 aliphatic carbocycles. The minimum atomic E-state index is -0.438. The molecule has 0 radical (unpaired) electrons. The van der Waals surface area contributed by atoms with E-state index in [1.165, 1.54) is 12.1 Å². The lowest BCUT2D eigenvalue weighted by Crippen LogP contribution is -2.57. The number of alkyl carbamates (subject to hydrolysis) is 1. The molecule has 3 rings (SSSR count). The Labute approximate surface area is 158 Å². The van der Waals surface area contributed by atoms with E-state index < -0.39 is 16.6 Å². The molecule has 0 saturated carbocycles. The molecule has 7 nitrogen and oxygen atoms in total. The number of piperidine rings is 1. The van der Waals surface area contributed by atoms with Gasteiger partial charge in [0.05, 0.1) is 10.5 Å². The van der Waals surface area contributed by atoms with Crippen LogP contribution >= 0.6 is 0 Å². The molecular formula is C20H23N3O4. The number of benzene rings is 2. The molecule has 142 valence electrons. The molecule has 1 saturated heterocycles. The van der Waals surface area contributed by atoms with E-state index >= 15 is 0 Å². The van der Waals surface area contributed by atoms with Gasteiger partial charge in [-0.3, -0.25) is 10.1 Å². The van der Waals surface area contributed by atoms with Gasteiger partial charge in [0.1, 0.15) is 6.61 Å². The summed E-state index contributed by atoms with van der Waals surface area (Å²) in [6.07, 6.45) is 1.32. The molecule has 1 aliphatic heterocycles. The first-order valence-electron chi connectivity index (χ1n) is 8.93. The minimum absolute atomic E-state index is 0.0705. The van der Waals surface area contributed by atoms with Crippen LogP contribution < -0.4 is 10.2 Å². The van der Waals surface area contributed by atoms with Crippen LogP contribution in [0.5, 0.6) is 0 Å². The predicted octanol–water partition coefficient (Wildman–Crippen LogP) is 3.88. The molecule has 0 bridgehead atoms. The van der Waals surface area contributed by atoms with Crippen molar-refractivity contribution in [1.29, 1.82) is 0 Å². The Bertz CT molecular complexity index is 795. The smallest absolute Gasteiger partial charge is 0.407 e. The first kappa shape index (κ1) is 18.7. The number of carbonyl (C=O) groups is 1. The van der Waals surface area contributed by atoms with Crippen LogP contribution in [0.1, 0.15) is 25.3 Å². The lowest BCUT2D eigenvalue weighted by Gasteiger charge is -2.41. The van der Waals surface area contributed by atoms with Gasteiger partial charge >= 0.3 is 6.09 Å². The molecule has 1 atom stereocenters. The predicted molar refractivity (Wildman–Crippen MR) is 103 cm³/mol. The zero-order chi connectivity index (χ0) is 19.3. The number of nitrogens with zero attached hydrogens (tertiary/aromatic N) is 2. The first-order valence-corrected chi connectivity index (χ1v) is 8.93. The second-order valence-electron chi connectivity index (χ2n) is 7.05. The normalized spacial score (nSPS) is 19.4. The highest BCUT2D eigenvalue weighted by Crippen LogP contribution is 2.27. The summed E-state index contributed by atoms with van der Waals surface area (Å²) in [5, 5.41) is 13.8. The second-order valence-corrected chi connectivity index (χ2v) is 7.05. The lowest BCUT2D eigenvalue weighted by atomic mass is 9.91. The molecule has 27 heavy (non-hydrogen) atoms. The summed E-state index contributed by atoms with van der Waals surface area (Å²) in [6, 6.07) is 16.0. The number of nitro benzene ring substituents is 1. The van der Waals surface area contributed by atoms with Gasteiger partial charge in [0.25, 0.3) is 5.69 Å². The van der Waals surface area contributed by atoms with E-state index in [0.717, 1.165) is 30.6 Å².